The minimum absolute atomic E-state index is 0.261. The Hall–Kier alpha value is -3.26. The fourth-order valence-corrected chi connectivity index (χ4v) is 2.36. The second-order valence-corrected chi connectivity index (χ2v) is 5.68. The van der Waals surface area contributed by atoms with E-state index >= 15 is 0 Å². The standard InChI is InChI=1S/C19H17N5/c1-13(2)24-18-7-6-14(9-15(18)10-20)19-22-11-16(12-23-19)17-5-3-4-8-21-17/h3-9,11-13,24H,1-2H3. The lowest BCUT2D eigenvalue weighted by Crippen LogP contribution is -2.10. The van der Waals surface area contributed by atoms with Gasteiger partial charge in [-0.3, -0.25) is 4.98 Å². The van der Waals surface area contributed by atoms with Crippen LogP contribution < -0.4 is 5.32 Å². The maximum Gasteiger partial charge on any atom is 0.159 e. The highest BCUT2D eigenvalue weighted by Gasteiger charge is 2.08. The van der Waals surface area contributed by atoms with Crippen molar-refractivity contribution in [2.45, 2.75) is 19.9 Å². The van der Waals surface area contributed by atoms with Crippen molar-refractivity contribution in [3.05, 3.63) is 60.6 Å². The first-order valence-corrected chi connectivity index (χ1v) is 7.72. The second kappa shape index (κ2) is 6.88. The molecule has 3 rings (SSSR count). The summed E-state index contributed by atoms with van der Waals surface area (Å²) in [5, 5.41) is 12.6. The molecule has 0 aliphatic carbocycles. The van der Waals surface area contributed by atoms with Crippen molar-refractivity contribution < 1.29 is 0 Å². The zero-order chi connectivity index (χ0) is 16.9. The molecule has 0 spiro atoms. The highest BCUT2D eigenvalue weighted by molar-refractivity contribution is 5.68. The summed E-state index contributed by atoms with van der Waals surface area (Å²) in [5.74, 6) is 0.585. The summed E-state index contributed by atoms with van der Waals surface area (Å²) in [7, 11) is 0. The number of nitrogens with one attached hydrogen (secondary N) is 1. The van der Waals surface area contributed by atoms with Gasteiger partial charge in [0, 0.05) is 35.8 Å². The van der Waals surface area contributed by atoms with Gasteiger partial charge in [-0.05, 0) is 44.2 Å². The molecule has 0 saturated carbocycles. The van der Waals surface area contributed by atoms with Crippen molar-refractivity contribution in [3.63, 3.8) is 0 Å². The second-order valence-electron chi connectivity index (χ2n) is 5.68. The Morgan fingerprint density at radius 3 is 2.42 bits per heavy atom. The van der Waals surface area contributed by atoms with E-state index in [0.29, 0.717) is 11.4 Å². The summed E-state index contributed by atoms with van der Waals surface area (Å²) in [5.41, 5.74) is 3.91. The van der Waals surface area contributed by atoms with Crippen molar-refractivity contribution in [2.24, 2.45) is 0 Å². The van der Waals surface area contributed by atoms with E-state index < -0.39 is 0 Å². The highest BCUT2D eigenvalue weighted by Crippen LogP contribution is 2.24. The number of rotatable bonds is 4. The Bertz CT molecular complexity index is 865. The first-order valence-electron chi connectivity index (χ1n) is 7.72. The summed E-state index contributed by atoms with van der Waals surface area (Å²) in [4.78, 5) is 13.1. The van der Waals surface area contributed by atoms with Crippen LogP contribution in [0.2, 0.25) is 0 Å². The maximum atomic E-state index is 9.36. The fourth-order valence-electron chi connectivity index (χ4n) is 2.36. The van der Waals surface area contributed by atoms with Crippen LogP contribution in [-0.4, -0.2) is 21.0 Å². The molecule has 0 fully saturated rings. The van der Waals surface area contributed by atoms with Crippen LogP contribution in [0.1, 0.15) is 19.4 Å². The van der Waals surface area contributed by atoms with Crippen molar-refractivity contribution >= 4 is 5.69 Å². The zero-order valence-corrected chi connectivity index (χ0v) is 13.6. The first kappa shape index (κ1) is 15.6. The molecule has 3 aromatic rings. The van der Waals surface area contributed by atoms with Gasteiger partial charge < -0.3 is 5.32 Å². The molecule has 1 aromatic carbocycles. The molecule has 24 heavy (non-hydrogen) atoms. The van der Waals surface area contributed by atoms with Crippen molar-refractivity contribution in [1.82, 2.24) is 15.0 Å². The average molecular weight is 315 g/mol. The largest absolute Gasteiger partial charge is 0.382 e. The zero-order valence-electron chi connectivity index (χ0n) is 13.6. The Morgan fingerprint density at radius 2 is 1.79 bits per heavy atom. The number of nitrogens with zero attached hydrogens (tertiary/aromatic N) is 4. The average Bonchev–Trinajstić information content (AvgIpc) is 2.62. The van der Waals surface area contributed by atoms with E-state index in [-0.39, 0.29) is 6.04 Å². The third-order valence-electron chi connectivity index (χ3n) is 3.45. The van der Waals surface area contributed by atoms with Crippen LogP contribution in [0.5, 0.6) is 0 Å². The minimum Gasteiger partial charge on any atom is -0.382 e. The van der Waals surface area contributed by atoms with E-state index in [1.54, 1.807) is 24.7 Å². The number of nitriles is 1. The van der Waals surface area contributed by atoms with Gasteiger partial charge in [-0.1, -0.05) is 6.07 Å². The summed E-state index contributed by atoms with van der Waals surface area (Å²) in [6.45, 7) is 4.07. The summed E-state index contributed by atoms with van der Waals surface area (Å²) in [6, 6.07) is 13.8. The smallest absolute Gasteiger partial charge is 0.159 e. The molecule has 0 bridgehead atoms. The Morgan fingerprint density at radius 1 is 1.00 bits per heavy atom. The van der Waals surface area contributed by atoms with E-state index in [2.05, 4.69) is 26.3 Å². The number of hydrogen-bond acceptors (Lipinski definition) is 5. The molecule has 1 N–H and O–H groups in total. The lowest BCUT2D eigenvalue weighted by Gasteiger charge is -2.12. The Kier molecular flexibility index (Phi) is 4.48. The Labute approximate surface area is 141 Å². The predicted molar refractivity (Wildman–Crippen MR) is 94.2 cm³/mol. The number of pyridine rings is 1. The molecule has 2 heterocycles. The van der Waals surface area contributed by atoms with Crippen LogP contribution in [0.15, 0.2) is 55.0 Å². The molecule has 0 radical (unpaired) electrons. The summed E-state index contributed by atoms with van der Waals surface area (Å²) < 4.78 is 0. The lowest BCUT2D eigenvalue weighted by atomic mass is 10.1. The molecule has 5 heteroatoms. The van der Waals surface area contributed by atoms with Gasteiger partial charge in [0.1, 0.15) is 6.07 Å². The Balaban J connectivity index is 1.91. The quantitative estimate of drug-likeness (QED) is 0.790. The number of hydrogen-bond donors (Lipinski definition) is 1. The molecule has 0 unspecified atom stereocenters. The maximum absolute atomic E-state index is 9.36. The van der Waals surface area contributed by atoms with Crippen LogP contribution in [0.4, 0.5) is 5.69 Å². The van der Waals surface area contributed by atoms with E-state index in [9.17, 15) is 5.26 Å². The van der Waals surface area contributed by atoms with Gasteiger partial charge in [-0.2, -0.15) is 5.26 Å². The van der Waals surface area contributed by atoms with Gasteiger partial charge in [0.15, 0.2) is 5.82 Å². The van der Waals surface area contributed by atoms with E-state index in [1.165, 1.54) is 0 Å². The lowest BCUT2D eigenvalue weighted by molar-refractivity contribution is 0.899. The topological polar surface area (TPSA) is 74.5 Å². The van der Waals surface area contributed by atoms with Crippen LogP contribution in [0.3, 0.4) is 0 Å². The van der Waals surface area contributed by atoms with Crippen molar-refractivity contribution in [3.8, 4) is 28.7 Å². The molecular weight excluding hydrogens is 298 g/mol. The van der Waals surface area contributed by atoms with Gasteiger partial charge >= 0.3 is 0 Å². The molecule has 0 atom stereocenters. The van der Waals surface area contributed by atoms with Gasteiger partial charge in [0.25, 0.3) is 0 Å². The third kappa shape index (κ3) is 3.39. The number of aromatic nitrogens is 3. The van der Waals surface area contributed by atoms with Crippen LogP contribution >= 0.6 is 0 Å². The highest BCUT2D eigenvalue weighted by atomic mass is 14.9. The number of benzene rings is 1. The molecule has 0 aliphatic heterocycles. The predicted octanol–water partition coefficient (Wildman–Crippen LogP) is 3.90. The number of anilines is 1. The SMILES string of the molecule is CC(C)Nc1ccc(-c2ncc(-c3ccccn3)cn2)cc1C#N. The molecule has 118 valence electrons. The normalized spacial score (nSPS) is 10.4. The van der Waals surface area contributed by atoms with Crippen molar-refractivity contribution in [2.75, 3.05) is 5.32 Å². The molecule has 0 saturated heterocycles. The van der Waals surface area contributed by atoms with Crippen LogP contribution in [-0.2, 0) is 0 Å². The summed E-state index contributed by atoms with van der Waals surface area (Å²) in [6.07, 6.45) is 5.23. The molecule has 0 aliphatic rings. The third-order valence-corrected chi connectivity index (χ3v) is 3.45. The van der Waals surface area contributed by atoms with E-state index in [4.69, 9.17) is 0 Å². The van der Waals surface area contributed by atoms with Crippen molar-refractivity contribution in [1.29, 1.82) is 5.26 Å². The van der Waals surface area contributed by atoms with Crippen LogP contribution in [0.25, 0.3) is 22.6 Å². The summed E-state index contributed by atoms with van der Waals surface area (Å²) >= 11 is 0. The molecular formula is C19H17N5. The molecule has 0 amide bonds. The first-order chi connectivity index (χ1) is 11.7. The molecule has 2 aromatic heterocycles. The van der Waals surface area contributed by atoms with Crippen LogP contribution in [0, 0.1) is 11.3 Å². The van der Waals surface area contributed by atoms with E-state index in [1.807, 2.05) is 44.2 Å². The van der Waals surface area contributed by atoms with Gasteiger partial charge in [0.05, 0.1) is 16.9 Å². The fraction of sp³-hybridized carbons (Fsp3) is 0.158. The minimum atomic E-state index is 0.261. The van der Waals surface area contributed by atoms with E-state index in [0.717, 1.165) is 22.5 Å². The van der Waals surface area contributed by atoms with Gasteiger partial charge in [-0.25, -0.2) is 9.97 Å². The molecule has 5 nitrogen and oxygen atoms in total. The monoisotopic (exact) mass is 315 g/mol. The van der Waals surface area contributed by atoms with Gasteiger partial charge in [-0.15, -0.1) is 0 Å². The van der Waals surface area contributed by atoms with Gasteiger partial charge in [0.2, 0.25) is 0 Å².